The fourth-order valence-corrected chi connectivity index (χ4v) is 6.78. The van der Waals surface area contributed by atoms with Crippen molar-refractivity contribution in [3.63, 3.8) is 0 Å². The molecule has 6 rings (SSSR count). The molecule has 39 heavy (non-hydrogen) atoms. The van der Waals surface area contributed by atoms with Crippen LogP contribution in [-0.2, 0) is 9.53 Å². The Labute approximate surface area is 229 Å². The van der Waals surface area contributed by atoms with Crippen LogP contribution in [0.3, 0.4) is 0 Å². The van der Waals surface area contributed by atoms with Crippen LogP contribution < -0.4 is 9.47 Å². The molecule has 2 heterocycles. The molecule has 6 heteroatoms. The quantitative estimate of drug-likeness (QED) is 0.331. The topological polar surface area (TPSA) is 65.1 Å². The van der Waals surface area contributed by atoms with E-state index in [0.717, 1.165) is 25.0 Å². The first-order valence-electron chi connectivity index (χ1n) is 14.0. The fourth-order valence-electron chi connectivity index (χ4n) is 6.78. The van der Waals surface area contributed by atoms with Gasteiger partial charge in [-0.3, -0.25) is 4.79 Å². The molecule has 2 aliphatic heterocycles. The summed E-state index contributed by atoms with van der Waals surface area (Å²) in [6.45, 7) is 0.667. The molecule has 0 saturated carbocycles. The zero-order chi connectivity index (χ0) is 26.8. The second kappa shape index (κ2) is 11.1. The molecule has 3 aliphatic rings. The monoisotopic (exact) mass is 525 g/mol. The minimum absolute atomic E-state index is 0.0353. The second-order valence-electron chi connectivity index (χ2n) is 10.9. The predicted octanol–water partition coefficient (Wildman–Crippen LogP) is 6.62. The van der Waals surface area contributed by atoms with E-state index >= 15 is 0 Å². The number of methoxy groups -OCH3 is 1. The van der Waals surface area contributed by atoms with Gasteiger partial charge in [-0.2, -0.15) is 0 Å². The molecule has 3 aromatic rings. The molecule has 2 atom stereocenters. The Bertz CT molecular complexity index is 1290. The first kappa shape index (κ1) is 25.5. The van der Waals surface area contributed by atoms with Gasteiger partial charge in [-0.1, -0.05) is 54.6 Å². The molecular weight excluding hydrogens is 490 g/mol. The van der Waals surface area contributed by atoms with Gasteiger partial charge in [-0.05, 0) is 66.5 Å². The predicted molar refractivity (Wildman–Crippen MR) is 149 cm³/mol. The summed E-state index contributed by atoms with van der Waals surface area (Å²) in [7, 11) is 1.62. The fraction of sp³-hybridized carbons (Fsp3) is 0.394. The highest BCUT2D eigenvalue weighted by atomic mass is 16.6. The number of piperidine rings is 2. The summed E-state index contributed by atoms with van der Waals surface area (Å²) in [4.78, 5) is 28.5. The van der Waals surface area contributed by atoms with Gasteiger partial charge in [0.1, 0.15) is 23.9 Å². The number of hydrogen-bond donors (Lipinski definition) is 0. The third-order valence-electron chi connectivity index (χ3n) is 8.64. The summed E-state index contributed by atoms with van der Waals surface area (Å²) in [6, 6.07) is 24.3. The molecule has 2 saturated heterocycles. The van der Waals surface area contributed by atoms with Gasteiger partial charge in [0.25, 0.3) is 0 Å². The smallest absolute Gasteiger partial charge is 0.410 e. The molecule has 2 bridgehead atoms. The molecule has 0 N–H and O–H groups in total. The van der Waals surface area contributed by atoms with Crippen LogP contribution in [0.1, 0.15) is 55.6 Å². The Morgan fingerprint density at radius 1 is 0.846 bits per heavy atom. The lowest BCUT2D eigenvalue weighted by atomic mass is 9.76. The lowest BCUT2D eigenvalue weighted by Gasteiger charge is -2.47. The number of carbonyl (C=O) groups excluding carboxylic acids is 2. The standard InChI is InChI=1S/C33H35NO5/c1-37-25-10-7-11-26(20-25)38-17-16-32(35)22-18-23-8-6-9-24(19-22)34(23)33(36)39-21-31-29-14-4-2-12-27(29)28-13-3-5-15-30(28)31/h2-5,7,10-15,20,22-24,31H,6,8-9,16-19,21H2,1H3. The van der Waals surface area contributed by atoms with Crippen LogP contribution in [0.4, 0.5) is 4.79 Å². The van der Waals surface area contributed by atoms with Gasteiger partial charge in [-0.25, -0.2) is 4.79 Å². The highest BCUT2D eigenvalue weighted by molar-refractivity contribution is 5.82. The van der Waals surface area contributed by atoms with Crippen molar-refractivity contribution in [3.8, 4) is 22.6 Å². The van der Waals surface area contributed by atoms with E-state index in [2.05, 4.69) is 36.4 Å². The van der Waals surface area contributed by atoms with Gasteiger partial charge >= 0.3 is 6.09 Å². The molecule has 0 spiro atoms. The van der Waals surface area contributed by atoms with Crippen LogP contribution in [0.2, 0.25) is 0 Å². The Balaban J connectivity index is 1.06. The van der Waals surface area contributed by atoms with Gasteiger partial charge in [-0.15, -0.1) is 0 Å². The third kappa shape index (κ3) is 5.12. The van der Waals surface area contributed by atoms with Gasteiger partial charge < -0.3 is 19.1 Å². The molecule has 1 amide bonds. The zero-order valence-electron chi connectivity index (χ0n) is 22.4. The largest absolute Gasteiger partial charge is 0.497 e. The van der Waals surface area contributed by atoms with E-state index in [9.17, 15) is 9.59 Å². The lowest BCUT2D eigenvalue weighted by molar-refractivity contribution is -0.127. The number of ketones is 1. The van der Waals surface area contributed by atoms with Crippen molar-refractivity contribution in [2.75, 3.05) is 20.3 Å². The van der Waals surface area contributed by atoms with E-state index in [1.54, 1.807) is 7.11 Å². The number of ether oxygens (including phenoxy) is 3. The molecule has 2 fully saturated rings. The summed E-state index contributed by atoms with van der Waals surface area (Å²) < 4.78 is 17.1. The van der Waals surface area contributed by atoms with Crippen LogP contribution in [0.5, 0.6) is 11.5 Å². The first-order chi connectivity index (χ1) is 19.1. The van der Waals surface area contributed by atoms with E-state index in [4.69, 9.17) is 14.2 Å². The van der Waals surface area contributed by atoms with Crippen LogP contribution in [0.15, 0.2) is 72.8 Å². The number of carbonyl (C=O) groups is 2. The number of benzene rings is 3. The van der Waals surface area contributed by atoms with Crippen molar-refractivity contribution in [1.82, 2.24) is 4.90 Å². The van der Waals surface area contributed by atoms with Crippen LogP contribution in [0.25, 0.3) is 11.1 Å². The van der Waals surface area contributed by atoms with Crippen LogP contribution >= 0.6 is 0 Å². The Morgan fingerprint density at radius 3 is 2.15 bits per heavy atom. The maximum Gasteiger partial charge on any atom is 0.410 e. The molecule has 202 valence electrons. The number of rotatable bonds is 8. The van der Waals surface area contributed by atoms with E-state index in [1.807, 2.05) is 41.3 Å². The highest BCUT2D eigenvalue weighted by Gasteiger charge is 2.43. The van der Waals surface area contributed by atoms with Gasteiger partial charge in [0.15, 0.2) is 0 Å². The van der Waals surface area contributed by atoms with E-state index in [-0.39, 0.29) is 35.8 Å². The average molecular weight is 526 g/mol. The van der Waals surface area contributed by atoms with Crippen LogP contribution in [0, 0.1) is 5.92 Å². The van der Waals surface area contributed by atoms with Crippen molar-refractivity contribution in [2.24, 2.45) is 5.92 Å². The van der Waals surface area contributed by atoms with Crippen molar-refractivity contribution < 1.29 is 23.8 Å². The normalized spacial score (nSPS) is 21.6. The maximum atomic E-state index is 13.4. The van der Waals surface area contributed by atoms with Crippen molar-refractivity contribution in [1.29, 1.82) is 0 Å². The minimum Gasteiger partial charge on any atom is -0.497 e. The maximum absolute atomic E-state index is 13.4. The van der Waals surface area contributed by atoms with E-state index < -0.39 is 0 Å². The zero-order valence-corrected chi connectivity index (χ0v) is 22.4. The second-order valence-corrected chi connectivity index (χ2v) is 10.9. The van der Waals surface area contributed by atoms with Gasteiger partial charge in [0.05, 0.1) is 13.7 Å². The molecular formula is C33H35NO5. The Morgan fingerprint density at radius 2 is 1.49 bits per heavy atom. The van der Waals surface area contributed by atoms with Gasteiger partial charge in [0.2, 0.25) is 0 Å². The molecule has 0 radical (unpaired) electrons. The van der Waals surface area contributed by atoms with E-state index in [0.29, 0.717) is 38.2 Å². The van der Waals surface area contributed by atoms with Crippen LogP contribution in [-0.4, -0.2) is 49.2 Å². The van der Waals surface area contributed by atoms with E-state index in [1.165, 1.54) is 22.3 Å². The summed E-state index contributed by atoms with van der Waals surface area (Å²) in [5.74, 6) is 1.66. The first-order valence-corrected chi connectivity index (χ1v) is 14.0. The number of hydrogen-bond acceptors (Lipinski definition) is 5. The summed E-state index contributed by atoms with van der Waals surface area (Å²) in [5, 5.41) is 0. The minimum atomic E-state index is -0.237. The van der Waals surface area contributed by atoms with Crippen molar-refractivity contribution in [3.05, 3.63) is 83.9 Å². The van der Waals surface area contributed by atoms with Gasteiger partial charge in [0, 0.05) is 36.4 Å². The highest BCUT2D eigenvalue weighted by Crippen LogP contribution is 2.45. The third-order valence-corrected chi connectivity index (χ3v) is 8.64. The summed E-state index contributed by atoms with van der Waals surface area (Å²) >= 11 is 0. The molecule has 1 aliphatic carbocycles. The number of nitrogens with zero attached hydrogens (tertiary/aromatic N) is 1. The van der Waals surface area contributed by atoms with Crippen molar-refractivity contribution >= 4 is 11.9 Å². The Kier molecular flexibility index (Phi) is 7.27. The number of amides is 1. The average Bonchev–Trinajstić information content (AvgIpc) is 3.29. The van der Waals surface area contributed by atoms with Crippen molar-refractivity contribution in [2.45, 2.75) is 56.5 Å². The SMILES string of the molecule is COc1cccc(OCCC(=O)C2CC3CCCC(C2)N3C(=O)OCC2c3ccccc3-c3ccccc32)c1. The Hall–Kier alpha value is -3.80. The molecule has 0 aromatic heterocycles. The number of fused-ring (bicyclic) bond motifs is 5. The summed E-state index contributed by atoms with van der Waals surface area (Å²) in [6.07, 6.45) is 4.47. The molecule has 6 nitrogen and oxygen atoms in total. The molecule has 3 aromatic carbocycles. The lowest BCUT2D eigenvalue weighted by Crippen LogP contribution is -2.56. The summed E-state index contributed by atoms with van der Waals surface area (Å²) in [5.41, 5.74) is 4.88. The molecule has 2 unspecified atom stereocenters. The number of Topliss-reactive ketones (excluding diaryl/α,β-unsaturated/α-hetero) is 1.